The molecule has 5 heteroatoms. The number of carboxylic acid groups (broad SMARTS) is 1. The van der Waals surface area contributed by atoms with E-state index in [9.17, 15) is 4.79 Å². The molecule has 0 bridgehead atoms. The Balaban J connectivity index is 2.88. The second kappa shape index (κ2) is 3.99. The maximum Gasteiger partial charge on any atom is 0.423 e. The Kier molecular flexibility index (Phi) is 2.95. The smallest absolute Gasteiger partial charge is 0.423 e. The molecule has 0 aliphatic rings. The summed E-state index contributed by atoms with van der Waals surface area (Å²) < 4.78 is 0.986. The van der Waals surface area contributed by atoms with Crippen LogP contribution in [-0.2, 0) is 0 Å². The molecule has 0 aliphatic heterocycles. The average molecular weight is 184 g/mol. The summed E-state index contributed by atoms with van der Waals surface area (Å²) in [6, 6.07) is 8.66. The van der Waals surface area contributed by atoms with Crippen molar-refractivity contribution in [2.45, 2.75) is 0 Å². The van der Waals surface area contributed by atoms with Crippen molar-refractivity contribution in [2.24, 2.45) is 5.14 Å². The Morgan fingerprint density at radius 3 is 2.42 bits per heavy atom. The summed E-state index contributed by atoms with van der Waals surface area (Å²) in [5.41, 5.74) is 0.553. The summed E-state index contributed by atoms with van der Waals surface area (Å²) in [4.78, 5) is 10.6. The number of nitrogens with zero attached hydrogens (tertiary/aromatic N) is 1. The Labute approximate surface area is 74.2 Å². The standard InChI is InChI=1S/C7H8N2O2S/c8-12-9(7(10)11)6-4-2-1-3-5-6/h1-5H,8H2,(H,10,11). The van der Waals surface area contributed by atoms with Gasteiger partial charge in [-0.3, -0.25) is 5.14 Å². The maximum atomic E-state index is 10.6. The van der Waals surface area contributed by atoms with E-state index < -0.39 is 6.09 Å². The van der Waals surface area contributed by atoms with Crippen molar-refractivity contribution in [1.82, 2.24) is 0 Å². The van der Waals surface area contributed by atoms with Crippen LogP contribution in [0, 0.1) is 0 Å². The van der Waals surface area contributed by atoms with Crippen molar-refractivity contribution < 1.29 is 9.90 Å². The Morgan fingerprint density at radius 1 is 1.42 bits per heavy atom. The van der Waals surface area contributed by atoms with Gasteiger partial charge in [0.1, 0.15) is 0 Å². The van der Waals surface area contributed by atoms with Gasteiger partial charge < -0.3 is 5.11 Å². The number of benzene rings is 1. The molecule has 12 heavy (non-hydrogen) atoms. The van der Waals surface area contributed by atoms with Crippen LogP contribution in [0.5, 0.6) is 0 Å². The first-order valence-corrected chi connectivity index (χ1v) is 4.04. The molecule has 0 saturated carbocycles. The van der Waals surface area contributed by atoms with Crippen LogP contribution in [-0.4, -0.2) is 11.2 Å². The Morgan fingerprint density at radius 2 is 2.00 bits per heavy atom. The van der Waals surface area contributed by atoms with Gasteiger partial charge in [0, 0.05) is 12.1 Å². The third-order valence-corrected chi connectivity index (χ3v) is 1.85. The van der Waals surface area contributed by atoms with Crippen molar-refractivity contribution in [3.63, 3.8) is 0 Å². The van der Waals surface area contributed by atoms with E-state index in [0.717, 1.165) is 4.31 Å². The first-order valence-electron chi connectivity index (χ1n) is 3.20. The molecular weight excluding hydrogens is 176 g/mol. The van der Waals surface area contributed by atoms with Gasteiger partial charge >= 0.3 is 6.09 Å². The van der Waals surface area contributed by atoms with Crippen LogP contribution in [0.25, 0.3) is 0 Å². The van der Waals surface area contributed by atoms with Crippen molar-refractivity contribution in [2.75, 3.05) is 4.31 Å². The highest BCUT2D eigenvalue weighted by molar-refractivity contribution is 7.99. The van der Waals surface area contributed by atoms with Gasteiger partial charge in [-0.05, 0) is 12.1 Å². The molecule has 0 heterocycles. The maximum absolute atomic E-state index is 10.6. The second-order valence-corrected chi connectivity index (χ2v) is 2.59. The highest BCUT2D eigenvalue weighted by atomic mass is 32.2. The normalized spacial score (nSPS) is 9.42. The van der Waals surface area contributed by atoms with Crippen molar-refractivity contribution in [1.29, 1.82) is 0 Å². The third kappa shape index (κ3) is 1.90. The highest BCUT2D eigenvalue weighted by Crippen LogP contribution is 2.17. The summed E-state index contributed by atoms with van der Waals surface area (Å²) in [6.07, 6.45) is -1.08. The first kappa shape index (κ1) is 8.89. The van der Waals surface area contributed by atoms with Gasteiger partial charge in [-0.25, -0.2) is 9.10 Å². The molecule has 64 valence electrons. The average Bonchev–Trinajstić information content (AvgIpc) is 2.07. The number of amides is 1. The molecule has 0 fully saturated rings. The molecule has 0 saturated heterocycles. The molecule has 1 amide bonds. The lowest BCUT2D eigenvalue weighted by Crippen LogP contribution is -2.23. The molecule has 0 radical (unpaired) electrons. The highest BCUT2D eigenvalue weighted by Gasteiger charge is 2.12. The number of hydrogen-bond acceptors (Lipinski definition) is 3. The van der Waals surface area contributed by atoms with Gasteiger partial charge in [-0.15, -0.1) is 0 Å². The van der Waals surface area contributed by atoms with Crippen LogP contribution in [0.4, 0.5) is 10.5 Å². The summed E-state index contributed by atoms with van der Waals surface area (Å²) in [5, 5.41) is 13.8. The van der Waals surface area contributed by atoms with E-state index in [0.29, 0.717) is 17.8 Å². The van der Waals surface area contributed by atoms with Crippen LogP contribution in [0.2, 0.25) is 0 Å². The van der Waals surface area contributed by atoms with Crippen molar-refractivity contribution >= 4 is 23.9 Å². The van der Waals surface area contributed by atoms with Crippen LogP contribution in [0.1, 0.15) is 0 Å². The van der Waals surface area contributed by atoms with E-state index in [1.807, 2.05) is 6.07 Å². The second-order valence-electron chi connectivity index (χ2n) is 2.02. The molecular formula is C7H8N2O2S. The summed E-state index contributed by atoms with van der Waals surface area (Å²) in [6.45, 7) is 0. The lowest BCUT2D eigenvalue weighted by atomic mass is 10.3. The van der Waals surface area contributed by atoms with Crippen LogP contribution >= 0.6 is 12.1 Å². The lowest BCUT2D eigenvalue weighted by Gasteiger charge is -2.13. The van der Waals surface area contributed by atoms with E-state index in [2.05, 4.69) is 0 Å². The minimum Gasteiger partial charge on any atom is -0.464 e. The van der Waals surface area contributed by atoms with E-state index in [4.69, 9.17) is 10.2 Å². The lowest BCUT2D eigenvalue weighted by molar-refractivity contribution is 0.206. The van der Waals surface area contributed by atoms with Crippen LogP contribution in [0.15, 0.2) is 30.3 Å². The zero-order valence-electron chi connectivity index (χ0n) is 6.18. The molecule has 1 rings (SSSR count). The van der Waals surface area contributed by atoms with E-state index in [1.54, 1.807) is 24.3 Å². The first-order chi connectivity index (χ1) is 5.75. The van der Waals surface area contributed by atoms with E-state index >= 15 is 0 Å². The predicted octanol–water partition coefficient (Wildman–Crippen LogP) is 1.69. The third-order valence-electron chi connectivity index (χ3n) is 1.27. The number of para-hydroxylation sites is 1. The van der Waals surface area contributed by atoms with Gasteiger partial charge in [0.25, 0.3) is 0 Å². The summed E-state index contributed by atoms with van der Waals surface area (Å²) in [7, 11) is 0. The molecule has 0 aromatic heterocycles. The minimum absolute atomic E-state index is 0.553. The molecule has 0 atom stereocenters. The largest absolute Gasteiger partial charge is 0.464 e. The number of nitrogens with two attached hydrogens (primary N) is 1. The molecule has 0 spiro atoms. The fraction of sp³-hybridized carbons (Fsp3) is 0. The predicted molar refractivity (Wildman–Crippen MR) is 48.7 cm³/mol. The molecule has 1 aromatic rings. The molecule has 4 nitrogen and oxygen atoms in total. The topological polar surface area (TPSA) is 66.6 Å². The van der Waals surface area contributed by atoms with E-state index in [1.165, 1.54) is 0 Å². The van der Waals surface area contributed by atoms with Gasteiger partial charge in [-0.1, -0.05) is 18.2 Å². The van der Waals surface area contributed by atoms with Crippen LogP contribution < -0.4 is 9.44 Å². The van der Waals surface area contributed by atoms with Crippen molar-refractivity contribution in [3.8, 4) is 0 Å². The van der Waals surface area contributed by atoms with Crippen LogP contribution in [0.3, 0.4) is 0 Å². The fourth-order valence-corrected chi connectivity index (χ4v) is 1.11. The zero-order chi connectivity index (χ0) is 8.97. The summed E-state index contributed by atoms with van der Waals surface area (Å²) >= 11 is 0.665. The number of carbonyl (C=O) groups is 1. The van der Waals surface area contributed by atoms with Gasteiger partial charge in [-0.2, -0.15) is 0 Å². The summed E-state index contributed by atoms with van der Waals surface area (Å²) in [5.74, 6) is 0. The fourth-order valence-electron chi connectivity index (χ4n) is 0.780. The van der Waals surface area contributed by atoms with Gasteiger partial charge in [0.2, 0.25) is 0 Å². The Bertz CT molecular complexity index is 265. The van der Waals surface area contributed by atoms with Gasteiger partial charge in [0.05, 0.1) is 5.69 Å². The zero-order valence-corrected chi connectivity index (χ0v) is 6.99. The Hall–Kier alpha value is -1.20. The SMILES string of the molecule is NSN(C(=O)O)c1ccccc1. The van der Waals surface area contributed by atoms with Crippen molar-refractivity contribution in [3.05, 3.63) is 30.3 Å². The van der Waals surface area contributed by atoms with E-state index in [-0.39, 0.29) is 0 Å². The number of anilines is 1. The number of rotatable bonds is 2. The molecule has 1 aromatic carbocycles. The molecule has 0 unspecified atom stereocenters. The minimum atomic E-state index is -1.08. The van der Waals surface area contributed by atoms with Gasteiger partial charge in [0.15, 0.2) is 0 Å². The monoisotopic (exact) mass is 184 g/mol. The molecule has 3 N–H and O–H groups in total. The number of hydrogen-bond donors (Lipinski definition) is 2. The molecule has 0 aliphatic carbocycles. The quantitative estimate of drug-likeness (QED) is 0.686.